The Morgan fingerprint density at radius 3 is 2.38 bits per heavy atom. The third kappa shape index (κ3) is 4.58. The van der Waals surface area contributed by atoms with Gasteiger partial charge in [-0.05, 0) is 42.3 Å². The quantitative estimate of drug-likeness (QED) is 0.787. The van der Waals surface area contributed by atoms with Crippen molar-refractivity contribution >= 4 is 15.9 Å². The molecule has 0 aromatic heterocycles. The summed E-state index contributed by atoms with van der Waals surface area (Å²) in [6.45, 7) is 1.01. The van der Waals surface area contributed by atoms with E-state index in [1.807, 2.05) is 0 Å². The van der Waals surface area contributed by atoms with Gasteiger partial charge in [0.15, 0.2) is 0 Å². The van der Waals surface area contributed by atoms with Crippen LogP contribution in [0.3, 0.4) is 0 Å². The topological polar surface area (TPSA) is 89.3 Å². The molecule has 5 nitrogen and oxygen atoms in total. The van der Waals surface area contributed by atoms with Crippen LogP contribution in [-0.4, -0.2) is 14.3 Å². The number of hydrogen-bond acceptors (Lipinski definition) is 3. The molecule has 0 bridgehead atoms. The van der Waals surface area contributed by atoms with Crippen molar-refractivity contribution in [1.82, 2.24) is 5.32 Å². The Bertz CT molecular complexity index is 956. The van der Waals surface area contributed by atoms with E-state index in [1.165, 1.54) is 19.1 Å². The number of nitrogens with one attached hydrogen (secondary N) is 1. The Hall–Kier alpha value is -2.46. The van der Waals surface area contributed by atoms with Gasteiger partial charge in [0.25, 0.3) is 5.91 Å². The highest BCUT2D eigenvalue weighted by atomic mass is 32.2. The fourth-order valence-corrected chi connectivity index (χ4v) is 2.80. The molecule has 0 saturated carbocycles. The maximum atomic E-state index is 13.1. The van der Waals surface area contributed by atoms with E-state index >= 15 is 0 Å². The van der Waals surface area contributed by atoms with E-state index in [2.05, 4.69) is 5.32 Å². The van der Waals surface area contributed by atoms with Gasteiger partial charge < -0.3 is 5.32 Å². The summed E-state index contributed by atoms with van der Waals surface area (Å²) in [6, 6.07) is 5.72. The number of carbonyl (C=O) groups excluding carboxylic acids is 1. The molecule has 0 spiro atoms. The Morgan fingerprint density at radius 1 is 1.15 bits per heavy atom. The van der Waals surface area contributed by atoms with Crippen molar-refractivity contribution < 1.29 is 30.8 Å². The van der Waals surface area contributed by atoms with Gasteiger partial charge in [0.2, 0.25) is 10.0 Å². The summed E-state index contributed by atoms with van der Waals surface area (Å²) in [7, 11) is -4.04. The normalized spacial score (nSPS) is 12.1. The van der Waals surface area contributed by atoms with Gasteiger partial charge in [-0.15, -0.1) is 0 Å². The van der Waals surface area contributed by atoms with E-state index in [9.17, 15) is 30.8 Å². The number of hydrogen-bond donors (Lipinski definition) is 2. The van der Waals surface area contributed by atoms with Crippen molar-refractivity contribution in [3.05, 3.63) is 64.5 Å². The van der Waals surface area contributed by atoms with Crippen LogP contribution in [0.25, 0.3) is 0 Å². The summed E-state index contributed by atoms with van der Waals surface area (Å²) in [5.74, 6) is -1.84. The van der Waals surface area contributed by atoms with Gasteiger partial charge >= 0.3 is 6.18 Å². The number of alkyl halides is 3. The van der Waals surface area contributed by atoms with Crippen LogP contribution in [0, 0.1) is 12.7 Å². The summed E-state index contributed by atoms with van der Waals surface area (Å²) >= 11 is 0. The highest BCUT2D eigenvalue weighted by Gasteiger charge is 2.33. The Labute approximate surface area is 146 Å². The van der Waals surface area contributed by atoms with Crippen molar-refractivity contribution in [2.45, 2.75) is 24.5 Å². The van der Waals surface area contributed by atoms with Gasteiger partial charge in [0.1, 0.15) is 5.82 Å². The van der Waals surface area contributed by atoms with E-state index in [1.54, 1.807) is 0 Å². The van der Waals surface area contributed by atoms with Crippen LogP contribution >= 0.6 is 0 Å². The number of amides is 1. The van der Waals surface area contributed by atoms with Crippen LogP contribution in [0.5, 0.6) is 0 Å². The average molecular weight is 390 g/mol. The molecule has 10 heteroatoms. The molecule has 0 aliphatic rings. The van der Waals surface area contributed by atoms with Crippen LogP contribution in [0.4, 0.5) is 17.6 Å². The standard InChI is InChI=1S/C16H14F4N2O3S/c1-9-2-5-12(26(21,24)25)7-13(9)15(23)22-8-10-3-4-11(17)6-14(10)16(18,19)20/h2-7H,8H2,1H3,(H,22,23)(H2,21,24,25). The highest BCUT2D eigenvalue weighted by molar-refractivity contribution is 7.89. The smallest absolute Gasteiger partial charge is 0.348 e. The molecule has 2 aromatic carbocycles. The largest absolute Gasteiger partial charge is 0.416 e. The predicted octanol–water partition coefficient (Wildman–Crippen LogP) is 2.73. The maximum absolute atomic E-state index is 13.1. The zero-order valence-corrected chi connectivity index (χ0v) is 14.2. The number of primary sulfonamides is 1. The Morgan fingerprint density at radius 2 is 1.81 bits per heavy atom. The van der Waals surface area contributed by atoms with Crippen LogP contribution in [0.2, 0.25) is 0 Å². The monoisotopic (exact) mass is 390 g/mol. The summed E-state index contributed by atoms with van der Waals surface area (Å²) in [6.07, 6.45) is -4.79. The molecule has 2 rings (SSSR count). The van der Waals surface area contributed by atoms with Crippen LogP contribution < -0.4 is 10.5 Å². The fraction of sp³-hybridized carbons (Fsp3) is 0.188. The molecule has 3 N–H and O–H groups in total. The minimum atomic E-state index is -4.79. The maximum Gasteiger partial charge on any atom is 0.416 e. The Kier molecular flexibility index (Phi) is 5.38. The lowest BCUT2D eigenvalue weighted by Gasteiger charge is -2.14. The number of benzene rings is 2. The number of aryl methyl sites for hydroxylation is 1. The second-order valence-corrected chi connectivity index (χ2v) is 7.07. The van der Waals surface area contributed by atoms with Gasteiger partial charge in [-0.2, -0.15) is 13.2 Å². The molecule has 0 heterocycles. The zero-order chi connectivity index (χ0) is 19.7. The molecular weight excluding hydrogens is 376 g/mol. The SMILES string of the molecule is Cc1ccc(S(N)(=O)=O)cc1C(=O)NCc1ccc(F)cc1C(F)(F)F. The first kappa shape index (κ1) is 19.9. The molecule has 0 aliphatic heterocycles. The van der Waals surface area contributed by atoms with E-state index < -0.39 is 40.0 Å². The molecule has 26 heavy (non-hydrogen) atoms. The van der Waals surface area contributed by atoms with Crippen molar-refractivity contribution in [3.8, 4) is 0 Å². The zero-order valence-electron chi connectivity index (χ0n) is 13.4. The van der Waals surface area contributed by atoms with Crippen molar-refractivity contribution in [2.24, 2.45) is 5.14 Å². The minimum Gasteiger partial charge on any atom is -0.348 e. The summed E-state index contributed by atoms with van der Waals surface area (Å²) in [5.41, 5.74) is -1.17. The third-order valence-corrected chi connectivity index (χ3v) is 4.51. The first-order valence-corrected chi connectivity index (χ1v) is 8.71. The molecule has 0 unspecified atom stereocenters. The highest BCUT2D eigenvalue weighted by Crippen LogP contribution is 2.32. The molecule has 0 aliphatic carbocycles. The van der Waals surface area contributed by atoms with E-state index in [0.29, 0.717) is 11.6 Å². The molecular formula is C16H14F4N2O3S. The predicted molar refractivity (Wildman–Crippen MR) is 85.1 cm³/mol. The fourth-order valence-electron chi connectivity index (χ4n) is 2.26. The number of nitrogens with two attached hydrogens (primary N) is 1. The lowest BCUT2D eigenvalue weighted by atomic mass is 10.1. The first-order valence-electron chi connectivity index (χ1n) is 7.17. The summed E-state index contributed by atoms with van der Waals surface area (Å²) < 4.78 is 74.7. The van der Waals surface area contributed by atoms with Crippen molar-refractivity contribution in [1.29, 1.82) is 0 Å². The van der Waals surface area contributed by atoms with E-state index in [0.717, 1.165) is 18.2 Å². The summed E-state index contributed by atoms with van der Waals surface area (Å²) in [4.78, 5) is 11.9. The molecule has 2 aromatic rings. The Balaban J connectivity index is 2.28. The van der Waals surface area contributed by atoms with Gasteiger partial charge in [-0.3, -0.25) is 4.79 Å². The van der Waals surface area contributed by atoms with Crippen molar-refractivity contribution in [2.75, 3.05) is 0 Å². The number of rotatable bonds is 4. The molecule has 0 saturated heterocycles. The van der Waals surface area contributed by atoms with Crippen molar-refractivity contribution in [3.63, 3.8) is 0 Å². The minimum absolute atomic E-state index is 0.0489. The molecule has 1 amide bonds. The van der Waals surface area contributed by atoms with Gasteiger partial charge in [0.05, 0.1) is 10.5 Å². The van der Waals surface area contributed by atoms with Gasteiger partial charge in [-0.1, -0.05) is 12.1 Å². The van der Waals surface area contributed by atoms with Crippen LogP contribution in [0.15, 0.2) is 41.3 Å². The van der Waals surface area contributed by atoms with Crippen LogP contribution in [-0.2, 0) is 22.7 Å². The first-order chi connectivity index (χ1) is 11.9. The molecule has 0 atom stereocenters. The number of carbonyl (C=O) groups is 1. The van der Waals surface area contributed by atoms with E-state index in [-0.39, 0.29) is 16.0 Å². The lowest BCUT2D eigenvalue weighted by molar-refractivity contribution is -0.138. The number of halogens is 4. The average Bonchev–Trinajstić information content (AvgIpc) is 2.51. The van der Waals surface area contributed by atoms with E-state index in [4.69, 9.17) is 5.14 Å². The second kappa shape index (κ2) is 7.04. The molecule has 140 valence electrons. The summed E-state index contributed by atoms with van der Waals surface area (Å²) in [5, 5.41) is 7.27. The van der Waals surface area contributed by atoms with Gasteiger partial charge in [-0.25, -0.2) is 17.9 Å². The lowest BCUT2D eigenvalue weighted by Crippen LogP contribution is -2.26. The van der Waals surface area contributed by atoms with Gasteiger partial charge in [0, 0.05) is 12.1 Å². The second-order valence-electron chi connectivity index (χ2n) is 5.50. The molecule has 0 fully saturated rings. The third-order valence-electron chi connectivity index (χ3n) is 3.60. The molecule has 0 radical (unpaired) electrons. The number of sulfonamides is 1. The van der Waals surface area contributed by atoms with Crippen LogP contribution in [0.1, 0.15) is 27.0 Å².